The standard InChI is InChI=1S/C23H35N3O3S/c1-18(23(27)24(2)21-9-4-3-5-10-21)25-13-15-26(16-14-25)30(28,29)22-12-11-19-7-6-8-20(19)17-22/h11-12,17-18,21H,3-10,13-16H2,1-2H3/t18-/m0/s1. The second-order valence-electron chi connectivity index (χ2n) is 9.14. The van der Waals surface area contributed by atoms with E-state index in [0.29, 0.717) is 37.1 Å². The maximum absolute atomic E-state index is 13.1. The van der Waals surface area contributed by atoms with Crippen molar-refractivity contribution in [1.29, 1.82) is 0 Å². The highest BCUT2D eigenvalue weighted by atomic mass is 32.2. The lowest BCUT2D eigenvalue weighted by Crippen LogP contribution is -2.56. The van der Waals surface area contributed by atoms with Gasteiger partial charge in [0, 0.05) is 39.3 Å². The number of hydrogen-bond donors (Lipinski definition) is 0. The smallest absolute Gasteiger partial charge is 0.243 e. The number of aryl methyl sites for hydroxylation is 2. The van der Waals surface area contributed by atoms with Gasteiger partial charge in [0.2, 0.25) is 15.9 Å². The fourth-order valence-electron chi connectivity index (χ4n) is 5.29. The van der Waals surface area contributed by atoms with E-state index in [1.807, 2.05) is 31.0 Å². The number of amides is 1. The Bertz CT molecular complexity index is 872. The first-order chi connectivity index (χ1) is 14.4. The number of rotatable bonds is 5. The van der Waals surface area contributed by atoms with Crippen molar-refractivity contribution in [3.63, 3.8) is 0 Å². The molecule has 30 heavy (non-hydrogen) atoms. The van der Waals surface area contributed by atoms with Gasteiger partial charge >= 0.3 is 0 Å². The molecule has 0 spiro atoms. The third-order valence-electron chi connectivity index (χ3n) is 7.36. The molecule has 1 saturated heterocycles. The molecule has 0 radical (unpaired) electrons. The Hall–Kier alpha value is -1.44. The van der Waals surface area contributed by atoms with Crippen molar-refractivity contribution in [2.75, 3.05) is 33.2 Å². The number of sulfonamides is 1. The van der Waals surface area contributed by atoms with Crippen LogP contribution in [0.25, 0.3) is 0 Å². The SMILES string of the molecule is C[C@@H](C(=O)N(C)C1CCCCC1)N1CCN(S(=O)(=O)c2ccc3c(c2)CCC3)CC1. The fraction of sp³-hybridized carbons (Fsp3) is 0.696. The predicted molar refractivity (Wildman–Crippen MR) is 118 cm³/mol. The topological polar surface area (TPSA) is 60.9 Å². The van der Waals surface area contributed by atoms with Crippen molar-refractivity contribution >= 4 is 15.9 Å². The highest BCUT2D eigenvalue weighted by Gasteiger charge is 2.34. The molecular weight excluding hydrogens is 398 g/mol. The molecule has 1 aliphatic heterocycles. The highest BCUT2D eigenvalue weighted by Crippen LogP contribution is 2.27. The quantitative estimate of drug-likeness (QED) is 0.716. The van der Waals surface area contributed by atoms with Gasteiger partial charge in [-0.25, -0.2) is 8.42 Å². The molecule has 0 N–H and O–H groups in total. The van der Waals surface area contributed by atoms with E-state index in [1.54, 1.807) is 10.4 Å². The summed E-state index contributed by atoms with van der Waals surface area (Å²) in [4.78, 5) is 17.5. The van der Waals surface area contributed by atoms with Crippen molar-refractivity contribution < 1.29 is 13.2 Å². The van der Waals surface area contributed by atoms with Crippen LogP contribution in [0.1, 0.15) is 56.6 Å². The number of benzene rings is 1. The van der Waals surface area contributed by atoms with Gasteiger partial charge in [-0.05, 0) is 62.3 Å². The van der Waals surface area contributed by atoms with Gasteiger partial charge in [-0.3, -0.25) is 9.69 Å². The minimum atomic E-state index is -3.48. The Morgan fingerprint density at radius 1 is 1.00 bits per heavy atom. The molecule has 2 aliphatic carbocycles. The molecule has 1 atom stereocenters. The first kappa shape index (κ1) is 21.8. The van der Waals surface area contributed by atoms with E-state index in [1.165, 1.54) is 30.4 Å². The maximum Gasteiger partial charge on any atom is 0.243 e. The fourth-order valence-corrected chi connectivity index (χ4v) is 6.76. The van der Waals surface area contributed by atoms with Crippen LogP contribution in [0.2, 0.25) is 0 Å². The number of carbonyl (C=O) groups is 1. The average Bonchev–Trinajstić information content (AvgIpc) is 3.26. The molecule has 3 aliphatic rings. The van der Waals surface area contributed by atoms with Gasteiger partial charge in [0.15, 0.2) is 0 Å². The highest BCUT2D eigenvalue weighted by molar-refractivity contribution is 7.89. The zero-order valence-corrected chi connectivity index (χ0v) is 19.2. The molecule has 166 valence electrons. The van der Waals surface area contributed by atoms with Crippen LogP contribution in [-0.4, -0.2) is 73.7 Å². The molecule has 2 fully saturated rings. The largest absolute Gasteiger partial charge is 0.341 e. The van der Waals surface area contributed by atoms with Crippen LogP contribution >= 0.6 is 0 Å². The molecule has 6 nitrogen and oxygen atoms in total. The summed E-state index contributed by atoms with van der Waals surface area (Å²) in [7, 11) is -1.54. The second-order valence-corrected chi connectivity index (χ2v) is 11.1. The first-order valence-corrected chi connectivity index (χ1v) is 12.9. The minimum absolute atomic E-state index is 0.164. The lowest BCUT2D eigenvalue weighted by molar-refractivity contribution is -0.138. The molecule has 0 unspecified atom stereocenters. The number of fused-ring (bicyclic) bond motifs is 1. The van der Waals surface area contributed by atoms with Crippen molar-refractivity contribution in [3.05, 3.63) is 29.3 Å². The number of hydrogen-bond acceptors (Lipinski definition) is 4. The van der Waals surface area contributed by atoms with E-state index >= 15 is 0 Å². The lowest BCUT2D eigenvalue weighted by atomic mass is 9.94. The second kappa shape index (κ2) is 8.97. The van der Waals surface area contributed by atoms with Crippen LogP contribution in [0.4, 0.5) is 0 Å². The Morgan fingerprint density at radius 2 is 1.67 bits per heavy atom. The molecule has 1 amide bonds. The van der Waals surface area contributed by atoms with E-state index in [2.05, 4.69) is 4.90 Å². The van der Waals surface area contributed by atoms with E-state index in [9.17, 15) is 13.2 Å². The van der Waals surface area contributed by atoms with Gasteiger partial charge in [0.25, 0.3) is 0 Å². The van der Waals surface area contributed by atoms with Crippen LogP contribution in [0.3, 0.4) is 0 Å². The number of carbonyl (C=O) groups excluding carboxylic acids is 1. The van der Waals surface area contributed by atoms with Gasteiger partial charge in [0.05, 0.1) is 10.9 Å². The van der Waals surface area contributed by atoms with Gasteiger partial charge < -0.3 is 4.90 Å². The minimum Gasteiger partial charge on any atom is -0.341 e. The van der Waals surface area contributed by atoms with E-state index in [0.717, 1.165) is 32.1 Å². The Balaban J connectivity index is 1.36. The Morgan fingerprint density at radius 3 is 2.37 bits per heavy atom. The van der Waals surface area contributed by atoms with Crippen molar-refractivity contribution in [2.45, 2.75) is 75.3 Å². The number of nitrogens with zero attached hydrogens (tertiary/aromatic N) is 3. The zero-order valence-electron chi connectivity index (χ0n) is 18.3. The molecule has 0 aromatic heterocycles. The summed E-state index contributed by atoms with van der Waals surface area (Å²) in [6.45, 7) is 4.02. The maximum atomic E-state index is 13.1. The summed E-state index contributed by atoms with van der Waals surface area (Å²) in [5.74, 6) is 0.164. The van der Waals surface area contributed by atoms with Crippen molar-refractivity contribution in [2.24, 2.45) is 0 Å². The third-order valence-corrected chi connectivity index (χ3v) is 9.25. The monoisotopic (exact) mass is 433 g/mol. The Kier molecular flexibility index (Phi) is 6.51. The summed E-state index contributed by atoms with van der Waals surface area (Å²) in [5, 5.41) is 0. The van der Waals surface area contributed by atoms with Crippen molar-refractivity contribution in [3.8, 4) is 0 Å². The van der Waals surface area contributed by atoms with E-state index in [-0.39, 0.29) is 11.9 Å². The predicted octanol–water partition coefficient (Wildman–Crippen LogP) is 2.66. The normalized spacial score (nSPS) is 22.6. The molecule has 1 saturated carbocycles. The molecule has 4 rings (SSSR count). The number of likely N-dealkylation sites (N-methyl/N-ethyl adjacent to an activating group) is 1. The van der Waals surface area contributed by atoms with Crippen LogP contribution in [0, 0.1) is 0 Å². The average molecular weight is 434 g/mol. The van der Waals surface area contributed by atoms with Crippen LogP contribution in [-0.2, 0) is 27.7 Å². The van der Waals surface area contributed by atoms with Gasteiger partial charge in [-0.1, -0.05) is 25.3 Å². The Labute approximate surface area is 181 Å². The molecule has 1 aromatic rings. The summed E-state index contributed by atoms with van der Waals surface area (Å²) >= 11 is 0. The lowest BCUT2D eigenvalue weighted by Gasteiger charge is -2.39. The molecule has 0 bridgehead atoms. The first-order valence-electron chi connectivity index (χ1n) is 11.5. The molecule has 1 heterocycles. The van der Waals surface area contributed by atoms with Crippen LogP contribution < -0.4 is 0 Å². The van der Waals surface area contributed by atoms with E-state index in [4.69, 9.17) is 0 Å². The van der Waals surface area contributed by atoms with Gasteiger partial charge in [-0.15, -0.1) is 0 Å². The summed E-state index contributed by atoms with van der Waals surface area (Å²) in [6.07, 6.45) is 9.01. The summed E-state index contributed by atoms with van der Waals surface area (Å²) in [5.41, 5.74) is 2.47. The molecule has 1 aromatic carbocycles. The summed E-state index contributed by atoms with van der Waals surface area (Å²) in [6, 6.07) is 5.76. The third kappa shape index (κ3) is 4.30. The number of piperazine rings is 1. The molecule has 7 heteroatoms. The van der Waals surface area contributed by atoms with Crippen molar-refractivity contribution in [1.82, 2.24) is 14.1 Å². The zero-order chi connectivity index (χ0) is 21.3. The van der Waals surface area contributed by atoms with Gasteiger partial charge in [-0.2, -0.15) is 4.31 Å². The van der Waals surface area contributed by atoms with Crippen LogP contribution in [0.5, 0.6) is 0 Å². The van der Waals surface area contributed by atoms with E-state index < -0.39 is 10.0 Å². The summed E-state index contributed by atoms with van der Waals surface area (Å²) < 4.78 is 27.9. The van der Waals surface area contributed by atoms with Gasteiger partial charge in [0.1, 0.15) is 0 Å². The molecular formula is C23H35N3O3S. The van der Waals surface area contributed by atoms with Crippen LogP contribution in [0.15, 0.2) is 23.1 Å².